The number of aromatic carboxylic acids is 1. The monoisotopic (exact) mass is 307 g/mol. The highest BCUT2D eigenvalue weighted by molar-refractivity contribution is 7.14. The van der Waals surface area contributed by atoms with Crippen LogP contribution in [0.1, 0.15) is 51.5 Å². The molecule has 0 aliphatic heterocycles. The highest BCUT2D eigenvalue weighted by Gasteiger charge is 2.31. The Labute approximate surface area is 125 Å². The van der Waals surface area contributed by atoms with Gasteiger partial charge in [-0.3, -0.25) is 4.79 Å². The van der Waals surface area contributed by atoms with Crippen molar-refractivity contribution in [2.45, 2.75) is 26.2 Å². The third-order valence-corrected chi connectivity index (χ3v) is 4.73. The smallest absolute Gasteiger partial charge is 0.356 e. The number of nitrogens with zero attached hydrogens (tertiary/aromatic N) is 1. The lowest BCUT2D eigenvalue weighted by Gasteiger charge is -2.22. The summed E-state index contributed by atoms with van der Waals surface area (Å²) >= 11 is 1.07. The van der Waals surface area contributed by atoms with E-state index in [4.69, 9.17) is 5.11 Å². The summed E-state index contributed by atoms with van der Waals surface area (Å²) in [5.74, 6) is -1.90. The Morgan fingerprint density at radius 1 is 1.24 bits per heavy atom. The van der Waals surface area contributed by atoms with Crippen molar-refractivity contribution in [3.05, 3.63) is 51.2 Å². The molecule has 0 amide bonds. The Morgan fingerprint density at radius 2 is 1.81 bits per heavy atom. The second-order valence-electron chi connectivity index (χ2n) is 5.19. The fourth-order valence-corrected chi connectivity index (χ4v) is 3.04. The van der Waals surface area contributed by atoms with Crippen LogP contribution < -0.4 is 0 Å². The van der Waals surface area contributed by atoms with Crippen LogP contribution in [0.3, 0.4) is 0 Å². The molecule has 21 heavy (non-hydrogen) atoms. The van der Waals surface area contributed by atoms with Crippen LogP contribution >= 0.6 is 11.3 Å². The third kappa shape index (κ3) is 2.85. The summed E-state index contributed by atoms with van der Waals surface area (Å²) in [6.45, 7) is 5.03. The second kappa shape index (κ2) is 5.37. The van der Waals surface area contributed by atoms with Crippen LogP contribution in [0.25, 0.3) is 0 Å². The molecule has 1 aromatic carbocycles. The van der Waals surface area contributed by atoms with Crippen LogP contribution in [0, 0.1) is 5.82 Å². The van der Waals surface area contributed by atoms with Crippen LogP contribution in [-0.2, 0) is 5.41 Å². The maximum absolute atomic E-state index is 13.0. The van der Waals surface area contributed by atoms with Gasteiger partial charge >= 0.3 is 5.97 Å². The van der Waals surface area contributed by atoms with E-state index in [0.29, 0.717) is 5.01 Å². The van der Waals surface area contributed by atoms with Crippen LogP contribution in [0.4, 0.5) is 4.39 Å². The van der Waals surface area contributed by atoms with E-state index in [0.717, 1.165) is 16.9 Å². The van der Waals surface area contributed by atoms with Gasteiger partial charge in [-0.2, -0.15) is 0 Å². The summed E-state index contributed by atoms with van der Waals surface area (Å²) < 4.78 is 13.0. The molecule has 0 saturated heterocycles. The lowest BCUT2D eigenvalue weighted by molar-refractivity contribution is 0.0686. The van der Waals surface area contributed by atoms with Crippen molar-refractivity contribution in [2.24, 2.45) is 0 Å². The summed E-state index contributed by atoms with van der Waals surface area (Å²) in [6.07, 6.45) is 0. The molecule has 4 nitrogen and oxygen atoms in total. The minimum Gasteiger partial charge on any atom is -0.476 e. The standard InChI is InChI=1S/C15H14FNO3S/c1-8(18)12-11(13(19)20)17-14(21-12)15(2,3)9-4-6-10(16)7-5-9/h4-7H,1-3H3,(H,19,20). The molecule has 1 aromatic heterocycles. The normalized spacial score (nSPS) is 11.4. The summed E-state index contributed by atoms with van der Waals surface area (Å²) in [5.41, 5.74) is -0.0432. The molecule has 0 atom stereocenters. The highest BCUT2D eigenvalue weighted by Crippen LogP contribution is 2.35. The molecule has 0 aliphatic rings. The number of rotatable bonds is 4. The SMILES string of the molecule is CC(=O)c1sc(C(C)(C)c2ccc(F)cc2)nc1C(=O)O. The molecule has 110 valence electrons. The van der Waals surface area contributed by atoms with E-state index in [9.17, 15) is 14.0 Å². The number of hydrogen-bond acceptors (Lipinski definition) is 4. The van der Waals surface area contributed by atoms with Crippen molar-refractivity contribution >= 4 is 23.1 Å². The van der Waals surface area contributed by atoms with E-state index in [-0.39, 0.29) is 22.2 Å². The first kappa shape index (κ1) is 15.3. The van der Waals surface area contributed by atoms with Gasteiger partial charge in [-0.1, -0.05) is 12.1 Å². The number of halogens is 1. The number of benzene rings is 1. The number of carbonyl (C=O) groups is 2. The first-order valence-electron chi connectivity index (χ1n) is 6.25. The average Bonchev–Trinajstić information content (AvgIpc) is 2.85. The van der Waals surface area contributed by atoms with Gasteiger partial charge in [-0.25, -0.2) is 14.2 Å². The van der Waals surface area contributed by atoms with Gasteiger partial charge in [-0.15, -0.1) is 11.3 Å². The van der Waals surface area contributed by atoms with Crippen molar-refractivity contribution in [3.8, 4) is 0 Å². The van der Waals surface area contributed by atoms with Crippen LogP contribution in [0.15, 0.2) is 24.3 Å². The molecule has 0 unspecified atom stereocenters. The lowest BCUT2D eigenvalue weighted by atomic mass is 9.85. The van der Waals surface area contributed by atoms with Crippen molar-refractivity contribution in [3.63, 3.8) is 0 Å². The molecule has 0 bridgehead atoms. The lowest BCUT2D eigenvalue weighted by Crippen LogP contribution is -2.19. The number of Topliss-reactive ketones (excluding diaryl/α,β-unsaturated/α-hetero) is 1. The largest absolute Gasteiger partial charge is 0.476 e. The molecule has 0 spiro atoms. The van der Waals surface area contributed by atoms with E-state index in [1.165, 1.54) is 19.1 Å². The molecule has 0 aliphatic carbocycles. The van der Waals surface area contributed by atoms with Gasteiger partial charge in [0, 0.05) is 12.3 Å². The Morgan fingerprint density at radius 3 is 2.24 bits per heavy atom. The molecule has 0 saturated carbocycles. The van der Waals surface area contributed by atoms with E-state index >= 15 is 0 Å². The number of ketones is 1. The third-order valence-electron chi connectivity index (χ3n) is 3.25. The zero-order valence-electron chi connectivity index (χ0n) is 11.8. The number of carbonyl (C=O) groups excluding carboxylic acids is 1. The second-order valence-corrected chi connectivity index (χ2v) is 6.19. The maximum atomic E-state index is 13.0. The van der Waals surface area contributed by atoms with Gasteiger partial charge in [0.05, 0.1) is 0 Å². The molecule has 2 aromatic rings. The van der Waals surface area contributed by atoms with Crippen molar-refractivity contribution in [1.82, 2.24) is 4.98 Å². The van der Waals surface area contributed by atoms with Gasteiger partial charge in [0.2, 0.25) is 0 Å². The summed E-state index contributed by atoms with van der Waals surface area (Å²) in [4.78, 5) is 27.0. The molecular weight excluding hydrogens is 293 g/mol. The van der Waals surface area contributed by atoms with Crippen molar-refractivity contribution in [1.29, 1.82) is 0 Å². The number of carboxylic acid groups (broad SMARTS) is 1. The molecule has 6 heteroatoms. The molecule has 0 radical (unpaired) electrons. The van der Waals surface area contributed by atoms with E-state index in [1.807, 2.05) is 13.8 Å². The minimum absolute atomic E-state index is 0.132. The van der Waals surface area contributed by atoms with Crippen molar-refractivity contribution in [2.75, 3.05) is 0 Å². The predicted molar refractivity (Wildman–Crippen MR) is 77.6 cm³/mol. The predicted octanol–water partition coefficient (Wildman–Crippen LogP) is 3.51. The quantitative estimate of drug-likeness (QED) is 0.878. The number of hydrogen-bond donors (Lipinski definition) is 1. The molecule has 1 heterocycles. The van der Waals surface area contributed by atoms with E-state index in [1.54, 1.807) is 12.1 Å². The Balaban J connectivity index is 2.54. The highest BCUT2D eigenvalue weighted by atomic mass is 32.1. The fourth-order valence-electron chi connectivity index (χ4n) is 1.96. The molecule has 2 rings (SSSR count). The summed E-state index contributed by atoms with van der Waals surface area (Å²) in [5, 5.41) is 9.65. The van der Waals surface area contributed by atoms with Gasteiger partial charge in [0.25, 0.3) is 0 Å². The van der Waals surface area contributed by atoms with Crippen LogP contribution in [0.5, 0.6) is 0 Å². The van der Waals surface area contributed by atoms with Crippen molar-refractivity contribution < 1.29 is 19.1 Å². The van der Waals surface area contributed by atoms with E-state index < -0.39 is 11.4 Å². The molecular formula is C15H14FNO3S. The van der Waals surface area contributed by atoms with Gasteiger partial charge in [0.1, 0.15) is 15.7 Å². The van der Waals surface area contributed by atoms with Gasteiger partial charge in [-0.05, 0) is 31.5 Å². The van der Waals surface area contributed by atoms with E-state index in [2.05, 4.69) is 4.98 Å². The number of aromatic nitrogens is 1. The molecule has 1 N–H and O–H groups in total. The number of carboxylic acids is 1. The maximum Gasteiger partial charge on any atom is 0.356 e. The van der Waals surface area contributed by atoms with Crippen LogP contribution in [0.2, 0.25) is 0 Å². The first-order chi connectivity index (χ1) is 9.73. The summed E-state index contributed by atoms with van der Waals surface area (Å²) in [7, 11) is 0. The summed E-state index contributed by atoms with van der Waals surface area (Å²) in [6, 6.07) is 5.94. The first-order valence-corrected chi connectivity index (χ1v) is 7.06. The topological polar surface area (TPSA) is 67.3 Å². The Kier molecular flexibility index (Phi) is 3.91. The zero-order valence-corrected chi connectivity index (χ0v) is 12.6. The Hall–Kier alpha value is -2.08. The van der Waals surface area contributed by atoms with Gasteiger partial charge in [0.15, 0.2) is 11.5 Å². The van der Waals surface area contributed by atoms with Gasteiger partial charge < -0.3 is 5.11 Å². The average molecular weight is 307 g/mol. The molecule has 0 fully saturated rings. The zero-order chi connectivity index (χ0) is 15.8. The number of thiazole rings is 1. The van der Waals surface area contributed by atoms with Crippen LogP contribution in [-0.4, -0.2) is 21.8 Å². The fraction of sp³-hybridized carbons (Fsp3) is 0.267. The Bertz CT molecular complexity index is 673. The minimum atomic E-state index is -1.22.